The molecule has 9 heteroatoms. The van der Waals surface area contributed by atoms with E-state index in [1.165, 1.54) is 0 Å². The summed E-state index contributed by atoms with van der Waals surface area (Å²) in [7, 11) is 0. The number of rotatable bonds is 4. The van der Waals surface area contributed by atoms with Crippen LogP contribution in [-0.2, 0) is 17.5 Å². The van der Waals surface area contributed by atoms with Crippen molar-refractivity contribution in [3.63, 3.8) is 0 Å². The minimum Gasteiger partial charge on any atom is -0.343 e. The smallest absolute Gasteiger partial charge is 0.278 e. The predicted molar refractivity (Wildman–Crippen MR) is 136 cm³/mol. The average molecular weight is 472 g/mol. The molecule has 9 nitrogen and oxygen atoms in total. The Hall–Kier alpha value is -4.01. The maximum atomic E-state index is 13.1. The third kappa shape index (κ3) is 3.77. The monoisotopic (exact) mass is 471 g/mol. The second kappa shape index (κ2) is 7.76. The maximum absolute atomic E-state index is 13.1. The first kappa shape index (κ1) is 22.8. The highest BCUT2D eigenvalue weighted by molar-refractivity contribution is 6.00. The van der Waals surface area contributed by atoms with Gasteiger partial charge in [-0.15, -0.1) is 0 Å². The van der Waals surface area contributed by atoms with E-state index in [4.69, 9.17) is 4.98 Å². The van der Waals surface area contributed by atoms with Crippen molar-refractivity contribution in [3.8, 4) is 5.69 Å². The standard InChI is InChI=1S/C26H29N7O2/c1-7-32-23(35)18-14-28-24(29-15-8-9-19-17(12-15)22(34)31-26(19,5)6)30-21(18)33(32)16-10-11-27-20(13-16)25(2,3)4/h8-14H,7H2,1-6H3,(H,31,34)(H,28,29,30). The number of amides is 1. The van der Waals surface area contributed by atoms with Crippen LogP contribution in [0.15, 0.2) is 47.5 Å². The number of hydrogen-bond acceptors (Lipinski definition) is 6. The minimum atomic E-state index is -0.407. The second-order valence-electron chi connectivity index (χ2n) is 10.4. The summed E-state index contributed by atoms with van der Waals surface area (Å²) in [5.74, 6) is 0.230. The van der Waals surface area contributed by atoms with Crippen LogP contribution in [0.25, 0.3) is 16.7 Å². The molecule has 0 saturated carbocycles. The third-order valence-electron chi connectivity index (χ3n) is 6.35. The molecule has 0 aliphatic carbocycles. The summed E-state index contributed by atoms with van der Waals surface area (Å²) in [6, 6.07) is 9.49. The normalized spacial score (nSPS) is 14.7. The summed E-state index contributed by atoms with van der Waals surface area (Å²) < 4.78 is 3.47. The van der Waals surface area contributed by atoms with Crippen LogP contribution in [-0.4, -0.2) is 30.2 Å². The van der Waals surface area contributed by atoms with Crippen LogP contribution in [0, 0.1) is 0 Å². The molecule has 1 aromatic carbocycles. The molecule has 4 heterocycles. The number of nitrogens with one attached hydrogen (secondary N) is 2. The molecular weight excluding hydrogens is 442 g/mol. The van der Waals surface area contributed by atoms with Gasteiger partial charge in [-0.1, -0.05) is 26.8 Å². The van der Waals surface area contributed by atoms with Gasteiger partial charge in [-0.25, -0.2) is 14.3 Å². The molecule has 180 valence electrons. The Kier molecular flexibility index (Phi) is 5.05. The van der Waals surface area contributed by atoms with Gasteiger partial charge in [0.2, 0.25) is 5.95 Å². The molecule has 35 heavy (non-hydrogen) atoms. The number of hydrogen-bond donors (Lipinski definition) is 2. The molecule has 0 spiro atoms. The Morgan fingerprint density at radius 1 is 1.09 bits per heavy atom. The van der Waals surface area contributed by atoms with E-state index in [0.717, 1.165) is 16.9 Å². The molecule has 0 saturated heterocycles. The molecule has 1 aliphatic heterocycles. The molecule has 0 bridgehead atoms. The molecule has 0 radical (unpaired) electrons. The van der Waals surface area contributed by atoms with Gasteiger partial charge in [-0.2, -0.15) is 4.98 Å². The molecule has 0 atom stereocenters. The number of nitrogens with zero attached hydrogens (tertiary/aromatic N) is 5. The average Bonchev–Trinajstić information content (AvgIpc) is 3.21. The van der Waals surface area contributed by atoms with Crippen molar-refractivity contribution in [2.75, 3.05) is 5.32 Å². The Morgan fingerprint density at radius 2 is 1.86 bits per heavy atom. The highest BCUT2D eigenvalue weighted by Gasteiger charge is 2.34. The van der Waals surface area contributed by atoms with Crippen molar-refractivity contribution in [1.82, 2.24) is 29.6 Å². The summed E-state index contributed by atoms with van der Waals surface area (Å²) in [5.41, 5.74) is 3.78. The summed E-state index contributed by atoms with van der Waals surface area (Å²) in [6.45, 7) is 12.6. The molecular formula is C26H29N7O2. The lowest BCUT2D eigenvalue weighted by molar-refractivity contribution is 0.0940. The van der Waals surface area contributed by atoms with Gasteiger partial charge in [0.05, 0.1) is 11.2 Å². The zero-order chi connectivity index (χ0) is 25.1. The van der Waals surface area contributed by atoms with E-state index >= 15 is 0 Å². The Labute approximate surface area is 203 Å². The fraction of sp³-hybridized carbons (Fsp3) is 0.346. The van der Waals surface area contributed by atoms with E-state index in [1.807, 2.05) is 49.7 Å². The van der Waals surface area contributed by atoms with Gasteiger partial charge >= 0.3 is 0 Å². The van der Waals surface area contributed by atoms with Crippen LogP contribution in [0.5, 0.6) is 0 Å². The van der Waals surface area contributed by atoms with Crippen LogP contribution in [0.1, 0.15) is 63.2 Å². The van der Waals surface area contributed by atoms with Crippen LogP contribution >= 0.6 is 0 Å². The van der Waals surface area contributed by atoms with Gasteiger partial charge in [0.15, 0.2) is 5.65 Å². The first-order valence-electron chi connectivity index (χ1n) is 11.7. The van der Waals surface area contributed by atoms with E-state index < -0.39 is 5.54 Å². The van der Waals surface area contributed by atoms with E-state index in [-0.39, 0.29) is 16.9 Å². The lowest BCUT2D eigenvalue weighted by Gasteiger charge is -2.19. The lowest BCUT2D eigenvalue weighted by atomic mass is 9.91. The van der Waals surface area contributed by atoms with Crippen molar-refractivity contribution >= 4 is 28.6 Å². The summed E-state index contributed by atoms with van der Waals surface area (Å²) >= 11 is 0. The number of carbonyl (C=O) groups is 1. The summed E-state index contributed by atoms with van der Waals surface area (Å²) in [5, 5.41) is 6.61. The molecule has 2 N–H and O–H groups in total. The minimum absolute atomic E-state index is 0.105. The number of pyridine rings is 1. The number of benzene rings is 1. The lowest BCUT2D eigenvalue weighted by Crippen LogP contribution is -2.32. The Bertz CT molecular complexity index is 1540. The fourth-order valence-corrected chi connectivity index (χ4v) is 4.50. The fourth-order valence-electron chi connectivity index (χ4n) is 4.50. The van der Waals surface area contributed by atoms with Gasteiger partial charge < -0.3 is 10.6 Å². The highest BCUT2D eigenvalue weighted by Crippen LogP contribution is 2.32. The number of carbonyl (C=O) groups excluding carboxylic acids is 1. The van der Waals surface area contributed by atoms with E-state index in [1.54, 1.807) is 23.1 Å². The topological polar surface area (TPSA) is 107 Å². The van der Waals surface area contributed by atoms with E-state index in [9.17, 15) is 9.59 Å². The van der Waals surface area contributed by atoms with Crippen LogP contribution in [0.2, 0.25) is 0 Å². The molecule has 1 amide bonds. The highest BCUT2D eigenvalue weighted by atomic mass is 16.2. The first-order valence-corrected chi connectivity index (χ1v) is 11.7. The van der Waals surface area contributed by atoms with Crippen molar-refractivity contribution in [2.45, 2.75) is 59.0 Å². The van der Waals surface area contributed by atoms with E-state index in [2.05, 4.69) is 41.4 Å². The molecule has 0 unspecified atom stereocenters. The van der Waals surface area contributed by atoms with Crippen molar-refractivity contribution in [2.24, 2.45) is 0 Å². The summed E-state index contributed by atoms with van der Waals surface area (Å²) in [4.78, 5) is 39.1. The van der Waals surface area contributed by atoms with Crippen molar-refractivity contribution < 1.29 is 4.79 Å². The third-order valence-corrected chi connectivity index (χ3v) is 6.35. The summed E-state index contributed by atoms with van der Waals surface area (Å²) in [6.07, 6.45) is 3.30. The number of fused-ring (bicyclic) bond motifs is 2. The first-order chi connectivity index (χ1) is 16.5. The van der Waals surface area contributed by atoms with Gasteiger partial charge in [0.25, 0.3) is 11.5 Å². The van der Waals surface area contributed by atoms with Gasteiger partial charge in [-0.3, -0.25) is 14.6 Å². The molecule has 4 aromatic rings. The van der Waals surface area contributed by atoms with Gasteiger partial charge in [-0.05, 0) is 50.6 Å². The largest absolute Gasteiger partial charge is 0.343 e. The Morgan fingerprint density at radius 3 is 2.57 bits per heavy atom. The van der Waals surface area contributed by atoms with Gasteiger partial charge in [0, 0.05) is 41.3 Å². The van der Waals surface area contributed by atoms with Gasteiger partial charge in [0.1, 0.15) is 5.39 Å². The number of anilines is 2. The van der Waals surface area contributed by atoms with E-state index in [0.29, 0.717) is 34.8 Å². The maximum Gasteiger partial charge on any atom is 0.278 e. The molecule has 5 rings (SSSR count). The van der Waals surface area contributed by atoms with Crippen LogP contribution < -0.4 is 16.2 Å². The molecule has 0 fully saturated rings. The number of aromatic nitrogens is 5. The Balaban J connectivity index is 1.61. The quantitative estimate of drug-likeness (QED) is 0.466. The van der Waals surface area contributed by atoms with Crippen molar-refractivity contribution in [3.05, 3.63) is 69.9 Å². The molecule has 3 aromatic heterocycles. The SMILES string of the molecule is CCn1c(=O)c2cnc(Nc3ccc4c(c3)C(=O)NC4(C)C)nc2n1-c1ccnc(C(C)(C)C)c1. The van der Waals surface area contributed by atoms with Crippen LogP contribution in [0.4, 0.5) is 11.6 Å². The van der Waals surface area contributed by atoms with Crippen molar-refractivity contribution in [1.29, 1.82) is 0 Å². The van der Waals surface area contributed by atoms with Crippen LogP contribution in [0.3, 0.4) is 0 Å². The molecule has 1 aliphatic rings. The second-order valence-corrected chi connectivity index (χ2v) is 10.4. The zero-order valence-electron chi connectivity index (χ0n) is 20.8. The zero-order valence-corrected chi connectivity index (χ0v) is 20.8. The predicted octanol–water partition coefficient (Wildman–Crippen LogP) is 4.02.